The SMILES string of the molecule is CC(C)Oc1ccc(CNc2nc(C3CCC(=CC(=O)O)CC3)nc3sc4ccccc4c23)cc1Cl. The maximum atomic E-state index is 11.0. The van der Waals surface area contributed by atoms with Crippen LogP contribution in [0.1, 0.15) is 56.8 Å². The Hall–Kier alpha value is -3.16. The second kappa shape index (κ2) is 10.4. The van der Waals surface area contributed by atoms with Crippen molar-refractivity contribution in [2.45, 2.75) is 58.1 Å². The van der Waals surface area contributed by atoms with E-state index in [9.17, 15) is 4.79 Å². The Balaban J connectivity index is 1.45. The van der Waals surface area contributed by atoms with Crippen molar-refractivity contribution in [2.24, 2.45) is 0 Å². The summed E-state index contributed by atoms with van der Waals surface area (Å²) in [5.41, 5.74) is 2.02. The Morgan fingerprint density at radius 1 is 1.22 bits per heavy atom. The lowest BCUT2D eigenvalue weighted by atomic mass is 9.85. The van der Waals surface area contributed by atoms with E-state index in [0.717, 1.165) is 64.1 Å². The van der Waals surface area contributed by atoms with Crippen LogP contribution >= 0.6 is 22.9 Å². The molecule has 1 aliphatic carbocycles. The van der Waals surface area contributed by atoms with E-state index in [4.69, 9.17) is 31.4 Å². The molecule has 0 amide bonds. The number of ether oxygens (including phenoxy) is 1. The van der Waals surface area contributed by atoms with Crippen LogP contribution in [0.15, 0.2) is 54.1 Å². The minimum atomic E-state index is -0.873. The number of nitrogens with zero attached hydrogens (tertiary/aromatic N) is 2. The van der Waals surface area contributed by atoms with Crippen molar-refractivity contribution in [3.63, 3.8) is 0 Å². The summed E-state index contributed by atoms with van der Waals surface area (Å²) in [7, 11) is 0. The molecule has 0 saturated heterocycles. The molecule has 6 nitrogen and oxygen atoms in total. The average Bonchev–Trinajstić information content (AvgIpc) is 3.22. The zero-order chi connectivity index (χ0) is 25.2. The fraction of sp³-hybridized carbons (Fsp3) is 0.321. The molecule has 0 bridgehead atoms. The van der Waals surface area contributed by atoms with Crippen molar-refractivity contribution in [3.05, 3.63) is 70.5 Å². The Morgan fingerprint density at radius 3 is 2.72 bits per heavy atom. The lowest BCUT2D eigenvalue weighted by Crippen LogP contribution is -2.13. The highest BCUT2D eigenvalue weighted by Crippen LogP contribution is 2.40. The van der Waals surface area contributed by atoms with Crippen molar-refractivity contribution >= 4 is 55.0 Å². The van der Waals surface area contributed by atoms with Gasteiger partial charge in [0.15, 0.2) is 0 Å². The van der Waals surface area contributed by atoms with Crippen LogP contribution in [-0.2, 0) is 11.3 Å². The number of carboxylic acids is 1. The van der Waals surface area contributed by atoms with Crippen LogP contribution in [0, 0.1) is 0 Å². The highest BCUT2D eigenvalue weighted by atomic mass is 35.5. The average molecular weight is 522 g/mol. The fourth-order valence-corrected chi connectivity index (χ4v) is 6.04. The van der Waals surface area contributed by atoms with Crippen LogP contribution in [-0.4, -0.2) is 27.1 Å². The number of fused-ring (bicyclic) bond motifs is 3. The molecule has 2 heterocycles. The quantitative estimate of drug-likeness (QED) is 0.244. The van der Waals surface area contributed by atoms with Crippen molar-refractivity contribution in [2.75, 3.05) is 5.32 Å². The van der Waals surface area contributed by atoms with Crippen LogP contribution in [0.25, 0.3) is 20.3 Å². The van der Waals surface area contributed by atoms with Gasteiger partial charge in [-0.15, -0.1) is 11.3 Å². The second-order valence-corrected chi connectivity index (χ2v) is 10.8. The molecular formula is C28H28ClN3O3S. The van der Waals surface area contributed by atoms with E-state index in [1.54, 1.807) is 11.3 Å². The minimum absolute atomic E-state index is 0.0570. The van der Waals surface area contributed by atoms with Gasteiger partial charge in [0.05, 0.1) is 16.5 Å². The first-order valence-corrected chi connectivity index (χ1v) is 13.4. The molecule has 0 atom stereocenters. The molecule has 2 N–H and O–H groups in total. The molecule has 1 fully saturated rings. The number of hydrogen-bond acceptors (Lipinski definition) is 6. The third-order valence-corrected chi connectivity index (χ3v) is 7.76. The summed E-state index contributed by atoms with van der Waals surface area (Å²) >= 11 is 8.14. The molecule has 8 heteroatoms. The summed E-state index contributed by atoms with van der Waals surface area (Å²) in [6.45, 7) is 4.52. The van der Waals surface area contributed by atoms with Crippen molar-refractivity contribution in [1.82, 2.24) is 9.97 Å². The van der Waals surface area contributed by atoms with Gasteiger partial charge in [-0.2, -0.15) is 0 Å². The van der Waals surface area contributed by atoms with E-state index < -0.39 is 5.97 Å². The number of anilines is 1. The van der Waals surface area contributed by atoms with E-state index in [-0.39, 0.29) is 12.0 Å². The van der Waals surface area contributed by atoms with E-state index in [2.05, 4.69) is 17.4 Å². The number of aromatic nitrogens is 2. The largest absolute Gasteiger partial charge is 0.489 e. The highest BCUT2D eigenvalue weighted by molar-refractivity contribution is 7.25. The molecule has 36 heavy (non-hydrogen) atoms. The second-order valence-electron chi connectivity index (χ2n) is 9.41. The first-order chi connectivity index (χ1) is 17.4. The summed E-state index contributed by atoms with van der Waals surface area (Å²) in [4.78, 5) is 22.0. The summed E-state index contributed by atoms with van der Waals surface area (Å²) in [5.74, 6) is 1.65. The number of hydrogen-bond donors (Lipinski definition) is 2. The molecule has 186 valence electrons. The topological polar surface area (TPSA) is 84.3 Å². The third kappa shape index (κ3) is 5.32. The van der Waals surface area contributed by atoms with Crippen molar-refractivity contribution < 1.29 is 14.6 Å². The lowest BCUT2D eigenvalue weighted by Gasteiger charge is -2.23. The lowest BCUT2D eigenvalue weighted by molar-refractivity contribution is -0.131. The summed E-state index contributed by atoms with van der Waals surface area (Å²) in [6.07, 6.45) is 4.63. The normalized spacial score (nSPS) is 16.0. The third-order valence-electron chi connectivity index (χ3n) is 6.40. The number of nitrogens with one attached hydrogen (secondary N) is 1. The van der Waals surface area contributed by atoms with Gasteiger partial charge in [-0.05, 0) is 63.3 Å². The van der Waals surface area contributed by atoms with Gasteiger partial charge in [-0.1, -0.05) is 41.4 Å². The van der Waals surface area contributed by atoms with Gasteiger partial charge < -0.3 is 15.2 Å². The first-order valence-electron chi connectivity index (χ1n) is 12.2. The molecule has 0 aliphatic heterocycles. The van der Waals surface area contributed by atoms with Crippen LogP contribution in [0.3, 0.4) is 0 Å². The Labute approximate surface area is 219 Å². The van der Waals surface area contributed by atoms with Gasteiger partial charge in [0.1, 0.15) is 22.2 Å². The smallest absolute Gasteiger partial charge is 0.328 e. The molecule has 1 aliphatic rings. The van der Waals surface area contributed by atoms with E-state index in [1.807, 2.05) is 44.2 Å². The zero-order valence-corrected chi connectivity index (χ0v) is 21.8. The molecular weight excluding hydrogens is 494 g/mol. The van der Waals surface area contributed by atoms with Gasteiger partial charge in [0, 0.05) is 28.6 Å². The Bertz CT molecular complexity index is 1450. The number of allylic oxidation sites excluding steroid dienone is 1. The van der Waals surface area contributed by atoms with Gasteiger partial charge in [-0.3, -0.25) is 0 Å². The summed E-state index contributed by atoms with van der Waals surface area (Å²) < 4.78 is 6.94. The first kappa shape index (κ1) is 24.5. The van der Waals surface area contributed by atoms with Crippen LogP contribution < -0.4 is 10.1 Å². The summed E-state index contributed by atoms with van der Waals surface area (Å²) in [5, 5.41) is 15.4. The van der Waals surface area contributed by atoms with Crippen molar-refractivity contribution in [1.29, 1.82) is 0 Å². The number of thiophene rings is 1. The molecule has 0 unspecified atom stereocenters. The summed E-state index contributed by atoms with van der Waals surface area (Å²) in [6, 6.07) is 14.2. The predicted molar refractivity (Wildman–Crippen MR) is 146 cm³/mol. The van der Waals surface area contributed by atoms with E-state index >= 15 is 0 Å². The monoisotopic (exact) mass is 521 g/mol. The molecule has 0 radical (unpaired) electrons. The molecule has 0 spiro atoms. The molecule has 1 saturated carbocycles. The number of benzene rings is 2. The number of carbonyl (C=O) groups is 1. The number of aliphatic carboxylic acids is 1. The van der Waals surface area contributed by atoms with Crippen molar-refractivity contribution in [3.8, 4) is 5.75 Å². The highest BCUT2D eigenvalue weighted by Gasteiger charge is 2.24. The molecule has 2 aromatic carbocycles. The Morgan fingerprint density at radius 2 is 2.00 bits per heavy atom. The van der Waals surface area contributed by atoms with Crippen LogP contribution in [0.4, 0.5) is 5.82 Å². The van der Waals surface area contributed by atoms with E-state index in [0.29, 0.717) is 17.3 Å². The molecule has 5 rings (SSSR count). The molecule has 2 aromatic heterocycles. The van der Waals surface area contributed by atoms with Gasteiger partial charge in [0.25, 0.3) is 0 Å². The number of halogens is 1. The maximum Gasteiger partial charge on any atom is 0.328 e. The number of carboxylic acid groups (broad SMARTS) is 1. The standard InChI is InChI=1S/C28H28ClN3O3S/c1-16(2)35-22-12-9-18(13-21(22)29)15-30-27-25-20-5-3-4-6-23(20)36-28(25)32-26(31-27)19-10-7-17(8-11-19)14-24(33)34/h3-6,9,12-14,16,19H,7-8,10-11,15H2,1-2H3,(H,33,34)(H,30,31,32). The van der Waals surface area contributed by atoms with Gasteiger partial charge in [0.2, 0.25) is 0 Å². The Kier molecular flexibility index (Phi) is 7.12. The van der Waals surface area contributed by atoms with E-state index in [1.165, 1.54) is 10.8 Å². The zero-order valence-electron chi connectivity index (χ0n) is 20.3. The van der Waals surface area contributed by atoms with Crippen LogP contribution in [0.5, 0.6) is 5.75 Å². The maximum absolute atomic E-state index is 11.0. The van der Waals surface area contributed by atoms with Gasteiger partial charge >= 0.3 is 5.97 Å². The number of rotatable bonds is 7. The minimum Gasteiger partial charge on any atom is -0.489 e. The molecule has 4 aromatic rings. The predicted octanol–water partition coefficient (Wildman–Crippen LogP) is 7.57. The van der Waals surface area contributed by atoms with Crippen LogP contribution in [0.2, 0.25) is 5.02 Å². The fourth-order valence-electron chi connectivity index (χ4n) is 4.71. The van der Waals surface area contributed by atoms with Gasteiger partial charge in [-0.25, -0.2) is 14.8 Å².